The molecular formula is C13H18F3NO. The maximum Gasteiger partial charge on any atom is 0.404 e. The number of halogens is 3. The second-order valence-corrected chi connectivity index (χ2v) is 4.06. The SMILES string of the molecule is CCCNC(Cc1ccccc1OC)C(F)(F)F. The van der Waals surface area contributed by atoms with E-state index in [2.05, 4.69) is 5.32 Å². The van der Waals surface area contributed by atoms with Crippen molar-refractivity contribution >= 4 is 0 Å². The van der Waals surface area contributed by atoms with Gasteiger partial charge in [-0.25, -0.2) is 0 Å². The predicted octanol–water partition coefficient (Wildman–Crippen LogP) is 3.17. The van der Waals surface area contributed by atoms with Gasteiger partial charge in [-0.3, -0.25) is 0 Å². The fraction of sp³-hybridized carbons (Fsp3) is 0.538. The van der Waals surface area contributed by atoms with E-state index in [-0.39, 0.29) is 6.42 Å². The molecule has 1 aromatic carbocycles. The van der Waals surface area contributed by atoms with Crippen LogP contribution in [0, 0.1) is 0 Å². The van der Waals surface area contributed by atoms with Crippen molar-refractivity contribution in [2.75, 3.05) is 13.7 Å². The number of hydrogen-bond donors (Lipinski definition) is 1. The highest BCUT2D eigenvalue weighted by molar-refractivity contribution is 5.34. The Morgan fingerprint density at radius 1 is 1.28 bits per heavy atom. The van der Waals surface area contributed by atoms with Gasteiger partial charge in [0.25, 0.3) is 0 Å². The summed E-state index contributed by atoms with van der Waals surface area (Å²) in [6.45, 7) is 2.18. The van der Waals surface area contributed by atoms with Gasteiger partial charge in [-0.1, -0.05) is 25.1 Å². The van der Waals surface area contributed by atoms with Crippen molar-refractivity contribution in [2.24, 2.45) is 0 Å². The van der Waals surface area contributed by atoms with Crippen LogP contribution in [0.5, 0.6) is 5.75 Å². The Balaban J connectivity index is 2.82. The Morgan fingerprint density at radius 3 is 2.50 bits per heavy atom. The summed E-state index contributed by atoms with van der Waals surface area (Å²) < 4.78 is 43.7. The molecule has 0 aliphatic heterocycles. The number of rotatable bonds is 6. The van der Waals surface area contributed by atoms with E-state index in [0.717, 1.165) is 0 Å². The normalized spacial score (nSPS) is 13.4. The Labute approximate surface area is 105 Å². The number of nitrogens with one attached hydrogen (secondary N) is 1. The molecule has 18 heavy (non-hydrogen) atoms. The summed E-state index contributed by atoms with van der Waals surface area (Å²) in [5, 5.41) is 2.53. The number of para-hydroxylation sites is 1. The van der Waals surface area contributed by atoms with Gasteiger partial charge in [-0.2, -0.15) is 13.2 Å². The third-order valence-electron chi connectivity index (χ3n) is 2.65. The molecule has 1 atom stereocenters. The number of methoxy groups -OCH3 is 1. The lowest BCUT2D eigenvalue weighted by Gasteiger charge is -2.22. The van der Waals surface area contributed by atoms with Crippen molar-refractivity contribution in [1.82, 2.24) is 5.32 Å². The summed E-state index contributed by atoms with van der Waals surface area (Å²) in [6, 6.07) is 5.25. The third kappa shape index (κ3) is 4.22. The van der Waals surface area contributed by atoms with Crippen LogP contribution >= 0.6 is 0 Å². The average molecular weight is 261 g/mol. The van der Waals surface area contributed by atoms with Crippen molar-refractivity contribution in [2.45, 2.75) is 32.0 Å². The van der Waals surface area contributed by atoms with Crippen LogP contribution in [-0.4, -0.2) is 25.9 Å². The minimum absolute atomic E-state index is 0.118. The van der Waals surface area contributed by atoms with E-state index in [4.69, 9.17) is 4.74 Å². The maximum absolute atomic E-state index is 12.9. The molecule has 1 rings (SSSR count). The molecule has 0 amide bonds. The van der Waals surface area contributed by atoms with Gasteiger partial charge in [-0.05, 0) is 24.6 Å². The minimum atomic E-state index is -4.25. The van der Waals surface area contributed by atoms with Gasteiger partial charge in [0, 0.05) is 6.42 Å². The molecule has 0 aliphatic rings. The zero-order valence-electron chi connectivity index (χ0n) is 10.6. The molecule has 2 nitrogen and oxygen atoms in total. The van der Waals surface area contributed by atoms with E-state index in [9.17, 15) is 13.2 Å². The first-order valence-electron chi connectivity index (χ1n) is 5.91. The molecule has 0 aliphatic carbocycles. The van der Waals surface area contributed by atoms with Gasteiger partial charge in [0.1, 0.15) is 11.8 Å². The Bertz CT molecular complexity index is 365. The van der Waals surface area contributed by atoms with Gasteiger partial charge in [0.05, 0.1) is 7.11 Å². The lowest BCUT2D eigenvalue weighted by molar-refractivity contribution is -0.155. The van der Waals surface area contributed by atoms with E-state index in [1.54, 1.807) is 24.3 Å². The second-order valence-electron chi connectivity index (χ2n) is 4.06. The average Bonchev–Trinajstić information content (AvgIpc) is 2.33. The summed E-state index contributed by atoms with van der Waals surface area (Å²) in [5.41, 5.74) is 0.561. The highest BCUT2D eigenvalue weighted by Gasteiger charge is 2.39. The second kappa shape index (κ2) is 6.64. The van der Waals surface area contributed by atoms with Crippen LogP contribution in [0.4, 0.5) is 13.2 Å². The summed E-state index contributed by atoms with van der Waals surface area (Å²) in [5.74, 6) is 0.491. The van der Waals surface area contributed by atoms with Gasteiger partial charge >= 0.3 is 6.18 Å². The van der Waals surface area contributed by atoms with Gasteiger partial charge in [0.2, 0.25) is 0 Å². The number of ether oxygens (including phenoxy) is 1. The van der Waals surface area contributed by atoms with Crippen molar-refractivity contribution in [1.29, 1.82) is 0 Å². The fourth-order valence-electron chi connectivity index (χ4n) is 1.71. The molecule has 0 spiro atoms. The molecule has 0 radical (unpaired) electrons. The van der Waals surface area contributed by atoms with Gasteiger partial charge in [-0.15, -0.1) is 0 Å². The van der Waals surface area contributed by atoms with Crippen molar-refractivity contribution in [3.8, 4) is 5.75 Å². The molecule has 1 N–H and O–H groups in total. The first-order valence-corrected chi connectivity index (χ1v) is 5.91. The first-order chi connectivity index (χ1) is 8.49. The molecule has 0 saturated carbocycles. The molecule has 0 fully saturated rings. The summed E-state index contributed by atoms with van der Waals surface area (Å²) >= 11 is 0. The molecular weight excluding hydrogens is 243 g/mol. The van der Waals surface area contributed by atoms with Gasteiger partial charge in [0.15, 0.2) is 0 Å². The van der Waals surface area contributed by atoms with E-state index in [0.29, 0.717) is 24.3 Å². The van der Waals surface area contributed by atoms with Crippen molar-refractivity contribution in [3.63, 3.8) is 0 Å². The van der Waals surface area contributed by atoms with Gasteiger partial charge < -0.3 is 10.1 Å². The Kier molecular flexibility index (Phi) is 5.47. The number of benzene rings is 1. The summed E-state index contributed by atoms with van der Waals surface area (Å²) in [6.07, 6.45) is -3.71. The van der Waals surface area contributed by atoms with E-state index in [1.165, 1.54) is 7.11 Å². The third-order valence-corrected chi connectivity index (χ3v) is 2.65. The zero-order valence-corrected chi connectivity index (χ0v) is 10.6. The summed E-state index contributed by atoms with van der Waals surface area (Å²) in [4.78, 5) is 0. The lowest BCUT2D eigenvalue weighted by Crippen LogP contribution is -2.44. The van der Waals surface area contributed by atoms with E-state index in [1.807, 2.05) is 6.92 Å². The van der Waals surface area contributed by atoms with Crippen molar-refractivity contribution < 1.29 is 17.9 Å². The van der Waals surface area contributed by atoms with Crippen LogP contribution in [-0.2, 0) is 6.42 Å². The maximum atomic E-state index is 12.9. The molecule has 0 heterocycles. The van der Waals surface area contributed by atoms with Crippen LogP contribution in [0.15, 0.2) is 24.3 Å². The van der Waals surface area contributed by atoms with Crippen LogP contribution in [0.1, 0.15) is 18.9 Å². The highest BCUT2D eigenvalue weighted by Crippen LogP contribution is 2.26. The van der Waals surface area contributed by atoms with E-state index >= 15 is 0 Å². The number of alkyl halides is 3. The smallest absolute Gasteiger partial charge is 0.404 e. The van der Waals surface area contributed by atoms with E-state index < -0.39 is 12.2 Å². The Hall–Kier alpha value is -1.23. The minimum Gasteiger partial charge on any atom is -0.496 e. The molecule has 1 unspecified atom stereocenters. The zero-order chi connectivity index (χ0) is 13.6. The molecule has 0 saturated heterocycles. The predicted molar refractivity (Wildman–Crippen MR) is 64.8 cm³/mol. The van der Waals surface area contributed by atoms with Crippen LogP contribution < -0.4 is 10.1 Å². The lowest BCUT2D eigenvalue weighted by atomic mass is 10.0. The standard InChI is InChI=1S/C13H18F3NO/c1-3-8-17-12(13(14,15)16)9-10-6-4-5-7-11(10)18-2/h4-7,12,17H,3,8-9H2,1-2H3. The number of hydrogen-bond acceptors (Lipinski definition) is 2. The fourth-order valence-corrected chi connectivity index (χ4v) is 1.71. The highest BCUT2D eigenvalue weighted by atomic mass is 19.4. The largest absolute Gasteiger partial charge is 0.496 e. The summed E-state index contributed by atoms with van der Waals surface area (Å²) in [7, 11) is 1.46. The molecule has 5 heteroatoms. The van der Waals surface area contributed by atoms with Crippen molar-refractivity contribution in [3.05, 3.63) is 29.8 Å². The molecule has 1 aromatic rings. The Morgan fingerprint density at radius 2 is 1.94 bits per heavy atom. The first kappa shape index (κ1) is 14.8. The molecule has 102 valence electrons. The monoisotopic (exact) mass is 261 g/mol. The molecule has 0 bridgehead atoms. The quantitative estimate of drug-likeness (QED) is 0.849. The van der Waals surface area contributed by atoms with Crippen LogP contribution in [0.25, 0.3) is 0 Å². The molecule has 0 aromatic heterocycles. The van der Waals surface area contributed by atoms with Crippen LogP contribution in [0.3, 0.4) is 0 Å². The topological polar surface area (TPSA) is 21.3 Å². The van der Waals surface area contributed by atoms with Crippen LogP contribution in [0.2, 0.25) is 0 Å².